The Morgan fingerprint density at radius 2 is 2.00 bits per heavy atom. The van der Waals surface area contributed by atoms with Crippen LogP contribution in [0.5, 0.6) is 0 Å². The first-order chi connectivity index (χ1) is 10.2. The minimum Gasteiger partial charge on any atom is -0.353 e. The highest BCUT2D eigenvalue weighted by Crippen LogP contribution is 2.39. The minimum absolute atomic E-state index is 0.00810. The summed E-state index contributed by atoms with van der Waals surface area (Å²) in [5, 5.41) is 3.07. The largest absolute Gasteiger partial charge is 0.353 e. The lowest BCUT2D eigenvalue weighted by molar-refractivity contribution is -0.122. The van der Waals surface area contributed by atoms with Gasteiger partial charge in [-0.3, -0.25) is 4.79 Å². The number of hydrogen-bond acceptors (Lipinski definition) is 3. The summed E-state index contributed by atoms with van der Waals surface area (Å²) in [6.07, 6.45) is 8.65. The fourth-order valence-corrected chi connectivity index (χ4v) is 3.86. The van der Waals surface area contributed by atoms with Crippen molar-refractivity contribution in [2.75, 3.05) is 12.8 Å². The van der Waals surface area contributed by atoms with E-state index in [2.05, 4.69) is 23.7 Å². The lowest BCUT2D eigenvalue weighted by atomic mass is 10.0. The molecule has 1 aliphatic carbocycles. The molecule has 1 aromatic carbocycles. The topological polar surface area (TPSA) is 55.1 Å². The van der Waals surface area contributed by atoms with Gasteiger partial charge >= 0.3 is 0 Å². The molecule has 0 aromatic heterocycles. The maximum atomic E-state index is 12.1. The van der Waals surface area contributed by atoms with E-state index < -0.39 is 6.04 Å². The Bertz CT molecular complexity index is 443. The summed E-state index contributed by atoms with van der Waals surface area (Å²) in [5.74, 6) is -0.00810. The summed E-state index contributed by atoms with van der Waals surface area (Å²) in [6, 6.07) is 9.77. The monoisotopic (exact) mass is 306 g/mol. The third kappa shape index (κ3) is 4.75. The van der Waals surface area contributed by atoms with Gasteiger partial charge in [0.15, 0.2) is 0 Å². The molecule has 21 heavy (non-hydrogen) atoms. The Labute approximate surface area is 132 Å². The number of carbonyl (C=O) groups is 1. The standard InChI is InChI=1S/C17H26N2OS/c1-21-17(11-5-6-12-17)13-19-16(20)15(18)10-9-14-7-3-2-4-8-14/h2-4,7-8,15H,5-6,9-13,18H2,1H3,(H,19,20). The van der Waals surface area contributed by atoms with Crippen molar-refractivity contribution in [3.63, 3.8) is 0 Å². The van der Waals surface area contributed by atoms with Crippen molar-refractivity contribution in [1.82, 2.24) is 5.32 Å². The summed E-state index contributed by atoms with van der Waals surface area (Å²) in [6.45, 7) is 0.756. The molecule has 0 spiro atoms. The summed E-state index contributed by atoms with van der Waals surface area (Å²) < 4.78 is 0.245. The van der Waals surface area contributed by atoms with Gasteiger partial charge in [-0.25, -0.2) is 0 Å². The number of rotatable bonds is 7. The second-order valence-electron chi connectivity index (χ2n) is 5.94. The van der Waals surface area contributed by atoms with Crippen LogP contribution in [0.2, 0.25) is 0 Å². The van der Waals surface area contributed by atoms with Gasteiger partial charge in [-0.05, 0) is 37.5 Å². The van der Waals surface area contributed by atoms with Gasteiger partial charge in [-0.1, -0.05) is 43.2 Å². The number of nitrogens with two attached hydrogens (primary N) is 1. The van der Waals surface area contributed by atoms with Crippen LogP contribution in [0.3, 0.4) is 0 Å². The van der Waals surface area contributed by atoms with Crippen molar-refractivity contribution < 1.29 is 4.79 Å². The first-order valence-electron chi connectivity index (χ1n) is 7.78. The van der Waals surface area contributed by atoms with E-state index in [4.69, 9.17) is 5.73 Å². The minimum atomic E-state index is -0.412. The normalized spacial score (nSPS) is 18.4. The van der Waals surface area contributed by atoms with Gasteiger partial charge in [-0.2, -0.15) is 11.8 Å². The van der Waals surface area contributed by atoms with Crippen LogP contribution >= 0.6 is 11.8 Å². The predicted octanol–water partition coefficient (Wildman–Crippen LogP) is 2.74. The number of hydrogen-bond donors (Lipinski definition) is 2. The molecular formula is C17H26N2OS. The number of benzene rings is 1. The summed E-state index contributed by atoms with van der Waals surface area (Å²) in [7, 11) is 0. The molecule has 1 atom stereocenters. The van der Waals surface area contributed by atoms with Crippen molar-refractivity contribution in [3.8, 4) is 0 Å². The maximum absolute atomic E-state index is 12.1. The molecule has 1 amide bonds. The molecule has 1 fully saturated rings. The van der Waals surface area contributed by atoms with E-state index in [1.807, 2.05) is 30.0 Å². The van der Waals surface area contributed by atoms with Crippen molar-refractivity contribution in [1.29, 1.82) is 0 Å². The van der Waals surface area contributed by atoms with Gasteiger partial charge in [0.05, 0.1) is 6.04 Å². The van der Waals surface area contributed by atoms with Crippen LogP contribution in [-0.4, -0.2) is 29.5 Å². The van der Waals surface area contributed by atoms with Crippen molar-refractivity contribution in [3.05, 3.63) is 35.9 Å². The summed E-state index contributed by atoms with van der Waals surface area (Å²) in [5.41, 5.74) is 7.25. The fourth-order valence-electron chi connectivity index (χ4n) is 2.95. The molecule has 0 bridgehead atoms. The van der Waals surface area contributed by atoms with Crippen molar-refractivity contribution in [2.24, 2.45) is 5.73 Å². The molecule has 0 heterocycles. The first kappa shape index (κ1) is 16.4. The lowest BCUT2D eigenvalue weighted by Gasteiger charge is -2.27. The predicted molar refractivity (Wildman–Crippen MR) is 90.5 cm³/mol. The molecule has 0 radical (unpaired) electrons. The van der Waals surface area contributed by atoms with Gasteiger partial charge in [0.1, 0.15) is 0 Å². The number of carbonyl (C=O) groups excluding carboxylic acids is 1. The van der Waals surface area contributed by atoms with E-state index in [0.717, 1.165) is 13.0 Å². The van der Waals surface area contributed by atoms with E-state index in [0.29, 0.717) is 6.42 Å². The molecule has 1 unspecified atom stereocenters. The zero-order valence-electron chi connectivity index (χ0n) is 12.8. The molecular weight excluding hydrogens is 280 g/mol. The van der Waals surface area contributed by atoms with Crippen LogP contribution < -0.4 is 11.1 Å². The zero-order valence-corrected chi connectivity index (χ0v) is 13.6. The van der Waals surface area contributed by atoms with Crippen LogP contribution in [0.25, 0.3) is 0 Å². The van der Waals surface area contributed by atoms with Gasteiger partial charge in [0, 0.05) is 11.3 Å². The maximum Gasteiger partial charge on any atom is 0.236 e. The highest BCUT2D eigenvalue weighted by atomic mass is 32.2. The Kier molecular flexibility index (Phi) is 6.12. The molecule has 4 heteroatoms. The van der Waals surface area contributed by atoms with Gasteiger partial charge in [-0.15, -0.1) is 0 Å². The highest BCUT2D eigenvalue weighted by molar-refractivity contribution is 8.00. The van der Waals surface area contributed by atoms with Crippen molar-refractivity contribution in [2.45, 2.75) is 49.3 Å². The van der Waals surface area contributed by atoms with E-state index in [-0.39, 0.29) is 10.7 Å². The fraction of sp³-hybridized carbons (Fsp3) is 0.588. The molecule has 1 saturated carbocycles. The third-order valence-corrected chi connectivity index (χ3v) is 5.87. The molecule has 3 N–H and O–H groups in total. The van der Waals surface area contributed by atoms with Crippen LogP contribution in [0, 0.1) is 0 Å². The van der Waals surface area contributed by atoms with Gasteiger partial charge in [0.25, 0.3) is 0 Å². The smallest absolute Gasteiger partial charge is 0.236 e. The molecule has 1 aromatic rings. The van der Waals surface area contributed by atoms with Crippen LogP contribution in [0.4, 0.5) is 0 Å². The average molecular weight is 306 g/mol. The van der Waals surface area contributed by atoms with E-state index >= 15 is 0 Å². The Balaban J connectivity index is 1.75. The SMILES string of the molecule is CSC1(CNC(=O)C(N)CCc2ccccc2)CCCC1. The second-order valence-corrected chi connectivity index (χ2v) is 7.22. The van der Waals surface area contributed by atoms with E-state index in [1.165, 1.54) is 31.2 Å². The van der Waals surface area contributed by atoms with Crippen LogP contribution in [0.15, 0.2) is 30.3 Å². The van der Waals surface area contributed by atoms with Gasteiger partial charge in [0.2, 0.25) is 5.91 Å². The Hall–Kier alpha value is -1.00. The quantitative estimate of drug-likeness (QED) is 0.814. The second kappa shape index (κ2) is 7.85. The number of amides is 1. The van der Waals surface area contributed by atoms with Crippen LogP contribution in [-0.2, 0) is 11.2 Å². The average Bonchev–Trinajstić information content (AvgIpc) is 3.01. The molecule has 116 valence electrons. The Morgan fingerprint density at radius 3 is 2.62 bits per heavy atom. The van der Waals surface area contributed by atoms with E-state index in [9.17, 15) is 4.79 Å². The molecule has 1 aliphatic rings. The van der Waals surface area contributed by atoms with Crippen molar-refractivity contribution >= 4 is 17.7 Å². The van der Waals surface area contributed by atoms with Gasteiger partial charge < -0.3 is 11.1 Å². The van der Waals surface area contributed by atoms with E-state index in [1.54, 1.807) is 0 Å². The number of aryl methyl sites for hydroxylation is 1. The number of thioether (sulfide) groups is 1. The first-order valence-corrected chi connectivity index (χ1v) is 9.00. The number of nitrogens with one attached hydrogen (secondary N) is 1. The molecule has 0 saturated heterocycles. The third-order valence-electron chi connectivity index (χ3n) is 4.46. The summed E-state index contributed by atoms with van der Waals surface area (Å²) in [4.78, 5) is 12.1. The highest BCUT2D eigenvalue weighted by Gasteiger charge is 2.33. The molecule has 3 nitrogen and oxygen atoms in total. The molecule has 0 aliphatic heterocycles. The van der Waals surface area contributed by atoms with Crippen LogP contribution in [0.1, 0.15) is 37.7 Å². The lowest BCUT2D eigenvalue weighted by Crippen LogP contribution is -2.46. The molecule has 2 rings (SSSR count). The Morgan fingerprint density at radius 1 is 1.33 bits per heavy atom. The zero-order chi connectivity index (χ0) is 15.1. The summed E-state index contributed by atoms with van der Waals surface area (Å²) >= 11 is 1.89.